The Kier molecular flexibility index (Phi) is 13.1. The summed E-state index contributed by atoms with van der Waals surface area (Å²) in [6, 6.07) is 35.9. The van der Waals surface area contributed by atoms with Crippen molar-refractivity contribution in [1.29, 1.82) is 5.26 Å². The van der Waals surface area contributed by atoms with Gasteiger partial charge in [-0.15, -0.1) is 5.10 Å². The fourth-order valence-corrected chi connectivity index (χ4v) is 8.03. The summed E-state index contributed by atoms with van der Waals surface area (Å²) in [7, 11) is 0. The van der Waals surface area contributed by atoms with E-state index in [2.05, 4.69) is 20.8 Å². The van der Waals surface area contributed by atoms with E-state index in [0.717, 1.165) is 47.0 Å². The predicted octanol–water partition coefficient (Wildman–Crippen LogP) is 9.27. The zero-order chi connectivity index (χ0) is 44.8. The van der Waals surface area contributed by atoms with Crippen molar-refractivity contribution in [2.45, 2.75) is 76.4 Å². The first-order valence-corrected chi connectivity index (χ1v) is 20.6. The van der Waals surface area contributed by atoms with Crippen LogP contribution in [0.1, 0.15) is 79.5 Å². The highest BCUT2D eigenvalue weighted by molar-refractivity contribution is 7.80. The summed E-state index contributed by atoms with van der Waals surface area (Å²) < 4.78 is 58.4. The van der Waals surface area contributed by atoms with Crippen LogP contribution in [0.25, 0.3) is 11.3 Å². The molecule has 0 spiro atoms. The Morgan fingerprint density at radius 2 is 1.48 bits per heavy atom. The van der Waals surface area contributed by atoms with Crippen molar-refractivity contribution in [3.63, 3.8) is 0 Å². The number of thiocarbonyl (C=S) groups is 1. The van der Waals surface area contributed by atoms with Crippen LogP contribution in [0, 0.1) is 17.1 Å². The van der Waals surface area contributed by atoms with Crippen molar-refractivity contribution in [2.24, 2.45) is 0 Å². The van der Waals surface area contributed by atoms with Crippen molar-refractivity contribution in [3.8, 4) is 17.3 Å². The molecule has 63 heavy (non-hydrogen) atoms. The Labute approximate surface area is 366 Å². The molecule has 1 aliphatic rings. The average molecular weight is 875 g/mol. The molecule has 0 unspecified atom stereocenters. The molecule has 2 aromatic heterocycles. The molecule has 3 heterocycles. The van der Waals surface area contributed by atoms with E-state index >= 15 is 4.39 Å². The topological polar surface area (TPSA) is 129 Å². The minimum Gasteiger partial charge on any atom is -0.330 e. The van der Waals surface area contributed by atoms with Gasteiger partial charge in [-0.1, -0.05) is 121 Å². The summed E-state index contributed by atoms with van der Waals surface area (Å²) >= 11 is 5.54. The number of anilines is 1. The normalized spacial score (nSPS) is 13.9. The summed E-state index contributed by atoms with van der Waals surface area (Å²) in [4.78, 5) is 39.0. The van der Waals surface area contributed by atoms with Gasteiger partial charge in [-0.25, -0.2) is 14.9 Å². The third kappa shape index (κ3) is 9.35. The van der Waals surface area contributed by atoms with Crippen LogP contribution in [0.2, 0.25) is 0 Å². The second-order valence-electron chi connectivity index (χ2n) is 15.5. The van der Waals surface area contributed by atoms with Crippen LogP contribution >= 0.6 is 12.2 Å². The quantitative estimate of drug-likeness (QED) is 0.0333. The van der Waals surface area contributed by atoms with Crippen molar-refractivity contribution < 1.29 is 32.0 Å². The Morgan fingerprint density at radius 1 is 0.873 bits per heavy atom. The number of hydrogen-bond donors (Lipinski definition) is 1. The van der Waals surface area contributed by atoms with Gasteiger partial charge in [0.15, 0.2) is 16.4 Å². The maximum Gasteiger partial charge on any atom is 0.419 e. The van der Waals surface area contributed by atoms with Crippen LogP contribution in [0.15, 0.2) is 128 Å². The van der Waals surface area contributed by atoms with Crippen LogP contribution in [0.5, 0.6) is 0 Å². The zero-order valence-electron chi connectivity index (χ0n) is 34.3. The second kappa shape index (κ2) is 18.6. The van der Waals surface area contributed by atoms with Crippen molar-refractivity contribution >= 4 is 34.8 Å². The molecule has 1 saturated heterocycles. The number of rotatable bonds is 16. The molecule has 0 bridgehead atoms. The fourth-order valence-electron chi connectivity index (χ4n) is 7.55. The van der Waals surface area contributed by atoms with E-state index in [0.29, 0.717) is 30.3 Å². The first-order valence-electron chi connectivity index (χ1n) is 20.2. The number of carbonyl (C=O) groups is 2. The van der Waals surface area contributed by atoms with E-state index in [1.165, 1.54) is 36.9 Å². The fraction of sp³-hybridized carbons (Fsp3) is 0.255. The number of aromatic nitrogens is 4. The summed E-state index contributed by atoms with van der Waals surface area (Å²) in [6.07, 6.45) is 1.11. The van der Waals surface area contributed by atoms with E-state index in [-0.39, 0.29) is 35.2 Å². The lowest BCUT2D eigenvalue weighted by molar-refractivity contribution is -0.143. The van der Waals surface area contributed by atoms with Crippen molar-refractivity contribution in [3.05, 3.63) is 167 Å². The highest BCUT2D eigenvalue weighted by Crippen LogP contribution is 2.40. The summed E-state index contributed by atoms with van der Waals surface area (Å²) in [5, 5.41) is 17.4. The molecule has 0 radical (unpaired) electrons. The maximum absolute atomic E-state index is 15.7. The Morgan fingerprint density at radius 3 is 2.05 bits per heavy atom. The molecule has 1 fully saturated rings. The number of carbonyl (C=O) groups excluding carboxylic acids is 2. The molecule has 1 aliphatic heterocycles. The zero-order valence-corrected chi connectivity index (χ0v) is 35.2. The summed E-state index contributed by atoms with van der Waals surface area (Å²) in [5.41, 5.74) is 1.66. The van der Waals surface area contributed by atoms with Gasteiger partial charge in [0.2, 0.25) is 5.91 Å². The first-order chi connectivity index (χ1) is 30.2. The number of hydrogen-bond acceptors (Lipinski definition) is 8. The number of benzene rings is 4. The Bertz CT molecular complexity index is 2540. The monoisotopic (exact) mass is 874 g/mol. The maximum atomic E-state index is 15.7. The van der Waals surface area contributed by atoms with Crippen molar-refractivity contribution in [2.75, 3.05) is 4.90 Å². The van der Waals surface area contributed by atoms with Gasteiger partial charge in [0, 0.05) is 30.6 Å². The molecule has 7 rings (SSSR count). The minimum absolute atomic E-state index is 0.138. The molecule has 322 valence electrons. The molecule has 0 aliphatic carbocycles. The Hall–Kier alpha value is -6.83. The van der Waals surface area contributed by atoms with E-state index in [1.807, 2.05) is 91.0 Å². The number of nitrogens with one attached hydrogen (secondary N) is 1. The van der Waals surface area contributed by atoms with Crippen LogP contribution in [0.4, 0.5) is 23.2 Å². The van der Waals surface area contributed by atoms with Gasteiger partial charge in [-0.05, 0) is 67.7 Å². The van der Waals surface area contributed by atoms with Gasteiger partial charge in [-0.3, -0.25) is 24.0 Å². The van der Waals surface area contributed by atoms with Gasteiger partial charge in [0.25, 0.3) is 5.91 Å². The standard InChI is InChI=1S/C47H42F4N8O3S/c1-45(2)43(61)59(37-27-38(47(49,50)51)40(28-52)53-29-37)44(63)58(45)30-33-24-23-32(26-39(33)48)41-31-57(56-54-41)25-15-4-3-14-22-42(60)55-62-46(34-16-8-5-9-17-34,35-18-10-6-11-19-35)36-20-12-7-13-21-36/h5-13,16-21,23-24,26-27,29,31H,3-4,14-15,22,25,30H2,1-2H3,(H,55,60). The highest BCUT2D eigenvalue weighted by atomic mass is 32.1. The highest BCUT2D eigenvalue weighted by Gasteiger charge is 2.50. The lowest BCUT2D eigenvalue weighted by Gasteiger charge is -2.35. The summed E-state index contributed by atoms with van der Waals surface area (Å²) in [5.74, 6) is -1.47. The predicted molar refractivity (Wildman–Crippen MR) is 231 cm³/mol. The van der Waals surface area contributed by atoms with E-state index < -0.39 is 40.3 Å². The number of alkyl halides is 3. The molecule has 16 heteroatoms. The van der Waals surface area contributed by atoms with Crippen LogP contribution in [-0.4, -0.2) is 47.3 Å². The molecule has 6 aromatic rings. The average Bonchev–Trinajstić information content (AvgIpc) is 3.82. The van der Waals surface area contributed by atoms with E-state index in [1.54, 1.807) is 16.9 Å². The molecular weight excluding hydrogens is 833 g/mol. The minimum atomic E-state index is -4.90. The number of nitriles is 1. The molecule has 2 amide bonds. The first kappa shape index (κ1) is 44.2. The van der Waals surface area contributed by atoms with E-state index in [4.69, 9.17) is 22.3 Å². The number of pyridine rings is 1. The van der Waals surface area contributed by atoms with Crippen LogP contribution < -0.4 is 10.4 Å². The van der Waals surface area contributed by atoms with Crippen LogP contribution in [0.3, 0.4) is 0 Å². The molecule has 1 N–H and O–H groups in total. The van der Waals surface area contributed by atoms with E-state index in [9.17, 15) is 22.8 Å². The molecule has 0 saturated carbocycles. The van der Waals surface area contributed by atoms with Gasteiger partial charge in [0.1, 0.15) is 23.1 Å². The second-order valence-corrected chi connectivity index (χ2v) is 15.9. The lowest BCUT2D eigenvalue weighted by atomic mass is 9.80. The van der Waals surface area contributed by atoms with Crippen LogP contribution in [-0.2, 0) is 39.3 Å². The third-order valence-corrected chi connectivity index (χ3v) is 11.4. The Balaban J connectivity index is 0.911. The smallest absolute Gasteiger partial charge is 0.330 e. The molecule has 11 nitrogen and oxygen atoms in total. The number of nitrogens with zero attached hydrogens (tertiary/aromatic N) is 7. The molecular formula is C47H42F4N8O3S. The lowest BCUT2D eigenvalue weighted by Crippen LogP contribution is -2.43. The number of unbranched alkanes of at least 4 members (excludes halogenated alkanes) is 3. The third-order valence-electron chi connectivity index (χ3n) is 11.0. The molecule has 4 aromatic carbocycles. The number of aryl methyl sites for hydroxylation is 1. The number of hydroxylamine groups is 1. The van der Waals surface area contributed by atoms with Gasteiger partial charge < -0.3 is 4.90 Å². The molecule has 0 atom stereocenters. The summed E-state index contributed by atoms with van der Waals surface area (Å²) in [6.45, 7) is 3.47. The number of halogens is 4. The SMILES string of the molecule is CC1(C)C(=O)N(c2cnc(C#N)c(C(F)(F)F)c2)C(=S)N1Cc1ccc(-c2cn(CCCCCCC(=O)NOC(c3ccccc3)(c3ccccc3)c3ccccc3)nn2)cc1F. The van der Waals surface area contributed by atoms with Crippen molar-refractivity contribution in [1.82, 2.24) is 30.4 Å². The number of amides is 2. The van der Waals surface area contributed by atoms with Gasteiger partial charge in [0.05, 0.1) is 23.6 Å². The van der Waals surface area contributed by atoms with Gasteiger partial charge in [-0.2, -0.15) is 18.4 Å². The van der Waals surface area contributed by atoms with Gasteiger partial charge >= 0.3 is 6.18 Å². The largest absolute Gasteiger partial charge is 0.419 e.